The van der Waals surface area contributed by atoms with Gasteiger partial charge in [-0.1, -0.05) is 12.1 Å². The molecule has 1 N–H and O–H groups in total. The van der Waals surface area contributed by atoms with Crippen molar-refractivity contribution in [1.82, 2.24) is 9.97 Å². The average molecular weight is 407 g/mol. The fourth-order valence-corrected chi connectivity index (χ4v) is 3.55. The van der Waals surface area contributed by atoms with E-state index in [-0.39, 0.29) is 10.7 Å². The summed E-state index contributed by atoms with van der Waals surface area (Å²) >= 11 is 6.31. The van der Waals surface area contributed by atoms with Crippen LogP contribution in [0, 0.1) is 6.92 Å². The standard InChI is InChI=1S/C11H9Br2N3O2S/c1-7-3-2-4-8(5-7)19(17,18)16-11-10(13)15-9(12)6-14-11/h2-6H,1H3,(H,14,16). The van der Waals surface area contributed by atoms with Crippen LogP contribution in [0.4, 0.5) is 5.82 Å². The van der Waals surface area contributed by atoms with E-state index in [2.05, 4.69) is 46.5 Å². The van der Waals surface area contributed by atoms with E-state index in [4.69, 9.17) is 0 Å². The number of hydrogen-bond donors (Lipinski definition) is 1. The van der Waals surface area contributed by atoms with Crippen molar-refractivity contribution in [2.45, 2.75) is 11.8 Å². The highest BCUT2D eigenvalue weighted by atomic mass is 79.9. The molecule has 0 radical (unpaired) electrons. The van der Waals surface area contributed by atoms with Crippen molar-refractivity contribution in [1.29, 1.82) is 0 Å². The predicted molar refractivity (Wildman–Crippen MR) is 79.4 cm³/mol. The number of anilines is 1. The Hall–Kier alpha value is -0.990. The third kappa shape index (κ3) is 3.52. The lowest BCUT2D eigenvalue weighted by Gasteiger charge is -2.08. The Balaban J connectivity index is 2.36. The number of rotatable bonds is 3. The Morgan fingerprint density at radius 1 is 1.26 bits per heavy atom. The summed E-state index contributed by atoms with van der Waals surface area (Å²) in [4.78, 5) is 8.16. The number of benzene rings is 1. The molecule has 0 saturated carbocycles. The van der Waals surface area contributed by atoms with Gasteiger partial charge in [0, 0.05) is 0 Å². The third-order valence-corrected chi connectivity index (χ3v) is 4.50. The fraction of sp³-hybridized carbons (Fsp3) is 0.0909. The lowest BCUT2D eigenvalue weighted by atomic mass is 10.2. The molecule has 0 atom stereocenters. The lowest BCUT2D eigenvalue weighted by Crippen LogP contribution is -2.14. The van der Waals surface area contributed by atoms with Gasteiger partial charge in [0.15, 0.2) is 10.4 Å². The van der Waals surface area contributed by atoms with Crippen molar-refractivity contribution in [3.8, 4) is 0 Å². The van der Waals surface area contributed by atoms with E-state index < -0.39 is 10.0 Å². The van der Waals surface area contributed by atoms with E-state index in [0.717, 1.165) is 5.56 Å². The number of halogens is 2. The van der Waals surface area contributed by atoms with E-state index >= 15 is 0 Å². The molecule has 0 spiro atoms. The maximum absolute atomic E-state index is 12.2. The lowest BCUT2D eigenvalue weighted by molar-refractivity contribution is 0.601. The molecular formula is C11H9Br2N3O2S. The summed E-state index contributed by atoms with van der Waals surface area (Å²) in [5.41, 5.74) is 0.865. The maximum Gasteiger partial charge on any atom is 0.263 e. The number of aromatic nitrogens is 2. The summed E-state index contributed by atoms with van der Waals surface area (Å²) in [5.74, 6) is 0.143. The second kappa shape index (κ2) is 5.56. The van der Waals surface area contributed by atoms with Crippen LogP contribution in [0.3, 0.4) is 0 Å². The van der Waals surface area contributed by atoms with Crippen molar-refractivity contribution in [3.63, 3.8) is 0 Å². The van der Waals surface area contributed by atoms with Gasteiger partial charge in [0.05, 0.1) is 11.1 Å². The monoisotopic (exact) mass is 405 g/mol. The largest absolute Gasteiger partial charge is 0.263 e. The first-order valence-corrected chi connectivity index (χ1v) is 8.23. The van der Waals surface area contributed by atoms with E-state index in [1.807, 2.05) is 13.0 Å². The van der Waals surface area contributed by atoms with Crippen molar-refractivity contribution in [3.05, 3.63) is 45.2 Å². The highest BCUT2D eigenvalue weighted by molar-refractivity contribution is 9.11. The minimum atomic E-state index is -3.67. The second-order valence-electron chi connectivity index (χ2n) is 3.75. The van der Waals surface area contributed by atoms with Crippen molar-refractivity contribution < 1.29 is 8.42 Å². The molecule has 1 heterocycles. The van der Waals surface area contributed by atoms with Crippen molar-refractivity contribution in [2.24, 2.45) is 0 Å². The first-order valence-electron chi connectivity index (χ1n) is 5.16. The Kier molecular flexibility index (Phi) is 4.22. The van der Waals surface area contributed by atoms with Gasteiger partial charge in [-0.3, -0.25) is 4.72 Å². The van der Waals surface area contributed by atoms with Gasteiger partial charge in [0.1, 0.15) is 4.60 Å². The minimum absolute atomic E-state index is 0.143. The normalized spacial score (nSPS) is 11.3. The van der Waals surface area contributed by atoms with E-state index in [0.29, 0.717) is 9.21 Å². The molecule has 100 valence electrons. The highest BCUT2D eigenvalue weighted by Gasteiger charge is 2.17. The van der Waals surface area contributed by atoms with Crippen LogP contribution < -0.4 is 4.72 Å². The van der Waals surface area contributed by atoms with Gasteiger partial charge in [0.25, 0.3) is 10.0 Å². The molecule has 0 unspecified atom stereocenters. The molecule has 5 nitrogen and oxygen atoms in total. The van der Waals surface area contributed by atoms with Crippen LogP contribution in [-0.4, -0.2) is 18.4 Å². The molecule has 1 aromatic carbocycles. The molecule has 0 aliphatic heterocycles. The summed E-state index contributed by atoms with van der Waals surface area (Å²) in [6, 6.07) is 6.62. The Morgan fingerprint density at radius 3 is 2.63 bits per heavy atom. The quantitative estimate of drug-likeness (QED) is 0.849. The van der Waals surface area contributed by atoms with Gasteiger partial charge < -0.3 is 0 Å². The Labute approximate surface area is 127 Å². The van der Waals surface area contributed by atoms with Crippen molar-refractivity contribution >= 4 is 47.7 Å². The van der Waals surface area contributed by atoms with Gasteiger partial charge >= 0.3 is 0 Å². The SMILES string of the molecule is Cc1cccc(S(=O)(=O)Nc2ncc(Br)nc2Br)c1. The molecule has 0 aliphatic carbocycles. The smallest absolute Gasteiger partial charge is 0.261 e. The average Bonchev–Trinajstić information content (AvgIpc) is 2.33. The zero-order valence-electron chi connectivity index (χ0n) is 9.76. The van der Waals surface area contributed by atoms with Gasteiger partial charge in [-0.25, -0.2) is 18.4 Å². The van der Waals surface area contributed by atoms with Gasteiger partial charge in [0.2, 0.25) is 0 Å². The van der Waals surface area contributed by atoms with Gasteiger partial charge in [-0.05, 0) is 56.5 Å². The van der Waals surface area contributed by atoms with Crippen LogP contribution >= 0.6 is 31.9 Å². The molecule has 0 bridgehead atoms. The number of sulfonamides is 1. The minimum Gasteiger partial charge on any atom is -0.261 e. The van der Waals surface area contributed by atoms with E-state index in [9.17, 15) is 8.42 Å². The van der Waals surface area contributed by atoms with Crippen LogP contribution in [0.5, 0.6) is 0 Å². The van der Waals surface area contributed by atoms with Crippen LogP contribution in [0.15, 0.2) is 44.6 Å². The summed E-state index contributed by atoms with van der Waals surface area (Å²) in [6.07, 6.45) is 1.42. The summed E-state index contributed by atoms with van der Waals surface area (Å²) in [5, 5.41) is 0. The Morgan fingerprint density at radius 2 is 2.00 bits per heavy atom. The number of hydrogen-bond acceptors (Lipinski definition) is 4. The van der Waals surface area contributed by atoms with Crippen molar-refractivity contribution in [2.75, 3.05) is 4.72 Å². The molecule has 2 rings (SSSR count). The van der Waals surface area contributed by atoms with Crippen LogP contribution in [0.1, 0.15) is 5.56 Å². The third-order valence-electron chi connectivity index (χ3n) is 2.23. The number of nitrogens with one attached hydrogen (secondary N) is 1. The molecular weight excluding hydrogens is 398 g/mol. The van der Waals surface area contributed by atoms with E-state index in [1.165, 1.54) is 12.3 Å². The topological polar surface area (TPSA) is 72.0 Å². The van der Waals surface area contributed by atoms with Crippen LogP contribution in [0.2, 0.25) is 0 Å². The zero-order valence-corrected chi connectivity index (χ0v) is 13.8. The molecule has 0 aliphatic rings. The van der Waals surface area contributed by atoms with Gasteiger partial charge in [-0.2, -0.15) is 0 Å². The molecule has 8 heteroatoms. The maximum atomic E-state index is 12.2. The summed E-state index contributed by atoms with van der Waals surface area (Å²) in [7, 11) is -3.67. The zero-order chi connectivity index (χ0) is 14.0. The predicted octanol–water partition coefficient (Wildman–Crippen LogP) is 3.11. The number of aryl methyl sites for hydroxylation is 1. The molecule has 0 saturated heterocycles. The molecule has 0 amide bonds. The summed E-state index contributed by atoms with van der Waals surface area (Å²) < 4.78 is 27.6. The first kappa shape index (κ1) is 14.4. The fourth-order valence-electron chi connectivity index (χ4n) is 1.38. The van der Waals surface area contributed by atoms with Crippen LogP contribution in [0.25, 0.3) is 0 Å². The van der Waals surface area contributed by atoms with Crippen LogP contribution in [-0.2, 0) is 10.0 Å². The van der Waals surface area contributed by atoms with E-state index in [1.54, 1.807) is 12.1 Å². The first-order chi connectivity index (χ1) is 8.88. The molecule has 19 heavy (non-hydrogen) atoms. The Bertz CT molecular complexity index is 720. The molecule has 1 aromatic heterocycles. The second-order valence-corrected chi connectivity index (χ2v) is 7.00. The molecule has 0 fully saturated rings. The van der Waals surface area contributed by atoms with Gasteiger partial charge in [-0.15, -0.1) is 0 Å². The molecule has 2 aromatic rings. The highest BCUT2D eigenvalue weighted by Crippen LogP contribution is 2.22. The summed E-state index contributed by atoms with van der Waals surface area (Å²) in [6.45, 7) is 1.83. The number of nitrogens with zero attached hydrogens (tertiary/aromatic N) is 2.